The van der Waals surface area contributed by atoms with E-state index in [2.05, 4.69) is 16.9 Å². The highest BCUT2D eigenvalue weighted by molar-refractivity contribution is 6.21. The normalized spacial score (nSPS) is 11.5. The van der Waals surface area contributed by atoms with Crippen LogP contribution in [-0.4, -0.2) is 32.9 Å². The summed E-state index contributed by atoms with van der Waals surface area (Å²) in [6, 6.07) is 19.4. The van der Waals surface area contributed by atoms with Gasteiger partial charge >= 0.3 is 0 Å². The minimum absolute atomic E-state index is 0.102. The predicted molar refractivity (Wildman–Crippen MR) is 136 cm³/mol. The van der Waals surface area contributed by atoms with Crippen molar-refractivity contribution >= 4 is 55.5 Å². The maximum atomic E-state index is 13.3. The van der Waals surface area contributed by atoms with Gasteiger partial charge in [-0.25, -0.2) is 9.97 Å². The first-order chi connectivity index (χ1) is 16.5. The second-order valence-corrected chi connectivity index (χ2v) is 8.56. The molecule has 6 aromatic rings. The predicted octanol–water partition coefficient (Wildman–Crippen LogP) is 5.77. The molecule has 0 bridgehead atoms. The van der Waals surface area contributed by atoms with Crippen LogP contribution < -0.4 is 4.90 Å². The lowest BCUT2D eigenvalue weighted by Gasteiger charge is -2.19. The summed E-state index contributed by atoms with van der Waals surface area (Å²) in [7, 11) is 1.79. The SMILES string of the molecule is Cc1ccc(N(C)C(=O)c2ccc3nc4c5ncccc5c5cccnc5c4nc3c2)cc1C. The Morgan fingerprint density at radius 2 is 1.35 bits per heavy atom. The average Bonchev–Trinajstić information content (AvgIpc) is 2.88. The molecule has 6 heteroatoms. The molecule has 0 atom stereocenters. The molecule has 34 heavy (non-hydrogen) atoms. The minimum Gasteiger partial charge on any atom is -0.311 e. The minimum atomic E-state index is -0.102. The summed E-state index contributed by atoms with van der Waals surface area (Å²) in [6.07, 6.45) is 3.52. The van der Waals surface area contributed by atoms with Gasteiger partial charge in [0, 0.05) is 41.5 Å². The first kappa shape index (κ1) is 20.2. The summed E-state index contributed by atoms with van der Waals surface area (Å²) in [4.78, 5) is 34.0. The second-order valence-electron chi connectivity index (χ2n) is 8.56. The number of carbonyl (C=O) groups is 1. The van der Waals surface area contributed by atoms with E-state index in [1.165, 1.54) is 5.56 Å². The Morgan fingerprint density at radius 1 is 0.706 bits per heavy atom. The van der Waals surface area contributed by atoms with E-state index in [-0.39, 0.29) is 5.91 Å². The number of pyridine rings is 2. The molecule has 0 aliphatic rings. The number of rotatable bonds is 2. The molecule has 6 rings (SSSR count). The van der Waals surface area contributed by atoms with Crippen LogP contribution in [0, 0.1) is 13.8 Å². The van der Waals surface area contributed by atoms with Crippen LogP contribution in [0.2, 0.25) is 0 Å². The second kappa shape index (κ2) is 7.56. The maximum Gasteiger partial charge on any atom is 0.258 e. The van der Waals surface area contributed by atoms with Gasteiger partial charge in [-0.2, -0.15) is 0 Å². The summed E-state index contributed by atoms with van der Waals surface area (Å²) in [5.74, 6) is -0.102. The summed E-state index contributed by atoms with van der Waals surface area (Å²) in [6.45, 7) is 4.11. The Bertz CT molecular complexity index is 1780. The van der Waals surface area contributed by atoms with Gasteiger partial charge in [0.25, 0.3) is 5.91 Å². The Balaban J connectivity index is 1.53. The van der Waals surface area contributed by atoms with E-state index in [0.717, 1.165) is 33.1 Å². The van der Waals surface area contributed by atoms with Crippen molar-refractivity contribution in [1.82, 2.24) is 19.9 Å². The number of amides is 1. The number of hydrogen-bond donors (Lipinski definition) is 0. The number of anilines is 1. The third-order valence-corrected chi connectivity index (χ3v) is 6.45. The first-order valence-electron chi connectivity index (χ1n) is 11.1. The third kappa shape index (κ3) is 3.07. The van der Waals surface area contributed by atoms with Crippen molar-refractivity contribution in [1.29, 1.82) is 0 Å². The molecule has 0 aliphatic carbocycles. The molecule has 1 amide bonds. The molecule has 0 N–H and O–H groups in total. The van der Waals surface area contributed by atoms with Gasteiger partial charge in [-0.15, -0.1) is 0 Å². The topological polar surface area (TPSA) is 71.9 Å². The fourth-order valence-electron chi connectivity index (χ4n) is 4.39. The number of carbonyl (C=O) groups excluding carboxylic acids is 1. The standard InChI is InChI=1S/C28H21N5O/c1-16-8-10-19(14-17(16)2)33(3)28(34)18-9-11-22-23(15-18)32-27-25-21(7-5-13-30-25)20-6-4-12-29-24(20)26(27)31-22/h4-15H,1-3H3. The number of nitrogens with zero attached hydrogens (tertiary/aromatic N) is 5. The molecule has 3 aromatic heterocycles. The van der Waals surface area contributed by atoms with Crippen molar-refractivity contribution in [3.63, 3.8) is 0 Å². The average molecular weight is 444 g/mol. The molecule has 0 saturated carbocycles. The lowest BCUT2D eigenvalue weighted by atomic mass is 10.1. The van der Waals surface area contributed by atoms with Crippen LogP contribution in [0.5, 0.6) is 0 Å². The van der Waals surface area contributed by atoms with Gasteiger partial charge in [-0.05, 0) is 67.4 Å². The van der Waals surface area contributed by atoms with E-state index in [1.54, 1.807) is 36.5 Å². The van der Waals surface area contributed by atoms with Crippen LogP contribution in [0.4, 0.5) is 5.69 Å². The van der Waals surface area contributed by atoms with Gasteiger partial charge in [-0.3, -0.25) is 14.8 Å². The van der Waals surface area contributed by atoms with Crippen LogP contribution in [0.25, 0.3) is 43.9 Å². The lowest BCUT2D eigenvalue weighted by Crippen LogP contribution is -2.26. The van der Waals surface area contributed by atoms with Gasteiger partial charge in [0.05, 0.1) is 22.1 Å². The Labute approximate surface area is 195 Å². The summed E-state index contributed by atoms with van der Waals surface area (Å²) >= 11 is 0. The molecular weight excluding hydrogens is 422 g/mol. The highest BCUT2D eigenvalue weighted by atomic mass is 16.2. The molecule has 0 fully saturated rings. The fourth-order valence-corrected chi connectivity index (χ4v) is 4.39. The van der Waals surface area contributed by atoms with Crippen LogP contribution in [0.3, 0.4) is 0 Å². The summed E-state index contributed by atoms with van der Waals surface area (Å²) < 4.78 is 0. The first-order valence-corrected chi connectivity index (χ1v) is 11.1. The van der Waals surface area contributed by atoms with Gasteiger partial charge in [0.2, 0.25) is 0 Å². The molecule has 3 heterocycles. The Kier molecular flexibility index (Phi) is 4.48. The third-order valence-electron chi connectivity index (χ3n) is 6.45. The zero-order valence-corrected chi connectivity index (χ0v) is 19.1. The quantitative estimate of drug-likeness (QED) is 0.251. The van der Waals surface area contributed by atoms with Crippen molar-refractivity contribution in [2.75, 3.05) is 11.9 Å². The van der Waals surface area contributed by atoms with Crippen LogP contribution in [0.15, 0.2) is 73.1 Å². The molecular formula is C28H21N5O. The monoisotopic (exact) mass is 443 g/mol. The largest absolute Gasteiger partial charge is 0.311 e. The number of fused-ring (bicyclic) bond motifs is 7. The van der Waals surface area contributed by atoms with Crippen molar-refractivity contribution < 1.29 is 4.79 Å². The zero-order valence-electron chi connectivity index (χ0n) is 19.1. The summed E-state index contributed by atoms with van der Waals surface area (Å²) in [5.41, 5.74) is 8.06. The highest BCUT2D eigenvalue weighted by Crippen LogP contribution is 2.32. The fraction of sp³-hybridized carbons (Fsp3) is 0.107. The molecule has 0 spiro atoms. The molecule has 0 unspecified atom stereocenters. The molecule has 0 saturated heterocycles. The van der Waals surface area contributed by atoms with Crippen molar-refractivity contribution in [3.05, 3.63) is 89.7 Å². The lowest BCUT2D eigenvalue weighted by molar-refractivity contribution is 0.0993. The number of benzene rings is 3. The van der Waals surface area contributed by atoms with Gasteiger partial charge in [0.1, 0.15) is 11.0 Å². The van der Waals surface area contributed by atoms with E-state index in [0.29, 0.717) is 27.6 Å². The van der Waals surface area contributed by atoms with Gasteiger partial charge in [0.15, 0.2) is 0 Å². The van der Waals surface area contributed by atoms with E-state index in [1.807, 2.05) is 55.5 Å². The Hall–Kier alpha value is -4.45. The molecule has 3 aromatic carbocycles. The number of aryl methyl sites for hydroxylation is 2. The zero-order chi connectivity index (χ0) is 23.4. The number of aromatic nitrogens is 4. The van der Waals surface area contributed by atoms with E-state index in [4.69, 9.17) is 9.97 Å². The number of hydrogen-bond acceptors (Lipinski definition) is 5. The van der Waals surface area contributed by atoms with Crippen LogP contribution in [0.1, 0.15) is 21.5 Å². The Morgan fingerprint density at radius 3 is 2.00 bits per heavy atom. The van der Waals surface area contributed by atoms with E-state index >= 15 is 0 Å². The van der Waals surface area contributed by atoms with E-state index in [9.17, 15) is 4.79 Å². The highest BCUT2D eigenvalue weighted by Gasteiger charge is 2.17. The maximum absolute atomic E-state index is 13.3. The van der Waals surface area contributed by atoms with Crippen LogP contribution in [-0.2, 0) is 0 Å². The van der Waals surface area contributed by atoms with Crippen molar-refractivity contribution in [2.45, 2.75) is 13.8 Å². The van der Waals surface area contributed by atoms with Crippen molar-refractivity contribution in [3.8, 4) is 0 Å². The molecule has 0 radical (unpaired) electrons. The smallest absolute Gasteiger partial charge is 0.258 e. The summed E-state index contributed by atoms with van der Waals surface area (Å²) in [5, 5.41) is 1.97. The molecule has 6 nitrogen and oxygen atoms in total. The molecule has 0 aliphatic heterocycles. The van der Waals surface area contributed by atoms with E-state index < -0.39 is 0 Å². The van der Waals surface area contributed by atoms with Gasteiger partial charge < -0.3 is 4.90 Å². The van der Waals surface area contributed by atoms with Crippen LogP contribution >= 0.6 is 0 Å². The van der Waals surface area contributed by atoms with Gasteiger partial charge in [-0.1, -0.05) is 18.2 Å². The van der Waals surface area contributed by atoms with Crippen molar-refractivity contribution in [2.24, 2.45) is 0 Å². The molecule has 164 valence electrons.